The first-order chi connectivity index (χ1) is 13.5. The second-order valence-electron chi connectivity index (χ2n) is 8.06. The molecule has 2 unspecified atom stereocenters. The van der Waals surface area contributed by atoms with E-state index in [1.54, 1.807) is 20.8 Å². The van der Waals surface area contributed by atoms with Crippen LogP contribution in [0.3, 0.4) is 0 Å². The van der Waals surface area contributed by atoms with E-state index < -0.39 is 65.2 Å². The first-order valence-corrected chi connectivity index (χ1v) is 9.90. The van der Waals surface area contributed by atoms with Crippen LogP contribution in [0, 0.1) is 17.8 Å². The van der Waals surface area contributed by atoms with Gasteiger partial charge in [-0.2, -0.15) is 0 Å². The highest BCUT2D eigenvalue weighted by atomic mass is 16.6. The molecule has 8 heteroatoms. The molecular formula is C21H30O8. The molecule has 1 saturated heterocycles. The number of carbonyl (C=O) groups excluding carboxylic acids is 4. The van der Waals surface area contributed by atoms with E-state index in [0.29, 0.717) is 6.42 Å². The van der Waals surface area contributed by atoms with E-state index in [4.69, 9.17) is 14.2 Å². The van der Waals surface area contributed by atoms with Gasteiger partial charge in [-0.1, -0.05) is 27.4 Å². The van der Waals surface area contributed by atoms with Gasteiger partial charge in [0.25, 0.3) is 0 Å². The molecule has 0 amide bonds. The lowest BCUT2D eigenvalue weighted by Crippen LogP contribution is -2.61. The Bertz CT molecular complexity index is 713. The Labute approximate surface area is 170 Å². The second kappa shape index (κ2) is 8.75. The standard InChI is InChI=1S/C21H30O8/c1-7-10(2)19(24)29-18-17-14(12(4)20(25)28-17)9-15(22)13(5)21(18,26)16(23)8-11(3)27-6/h10-11,13-14,17-18,26H,4,7-9H2,1-3,5-6H3/t10?,11?,13-,14-,17+,18-,21+/m0/s1. The average Bonchev–Trinajstić information content (AvgIpc) is 2.93. The average molecular weight is 410 g/mol. The minimum atomic E-state index is -2.35. The molecule has 1 aliphatic carbocycles. The van der Waals surface area contributed by atoms with Crippen molar-refractivity contribution in [2.24, 2.45) is 17.8 Å². The van der Waals surface area contributed by atoms with E-state index in [0.717, 1.165) is 0 Å². The van der Waals surface area contributed by atoms with E-state index in [1.165, 1.54) is 14.0 Å². The minimum absolute atomic E-state index is 0.0714. The summed E-state index contributed by atoms with van der Waals surface area (Å²) in [4.78, 5) is 50.6. The number of carbonyl (C=O) groups is 4. The van der Waals surface area contributed by atoms with Gasteiger partial charge in [-0.05, 0) is 13.3 Å². The summed E-state index contributed by atoms with van der Waals surface area (Å²) in [7, 11) is 1.42. The highest BCUT2D eigenvalue weighted by Gasteiger charge is 2.63. The molecule has 1 aliphatic heterocycles. The van der Waals surface area contributed by atoms with E-state index >= 15 is 0 Å². The first-order valence-electron chi connectivity index (χ1n) is 9.90. The molecule has 29 heavy (non-hydrogen) atoms. The quantitative estimate of drug-likeness (QED) is 0.494. The molecule has 1 saturated carbocycles. The fraction of sp³-hybridized carbons (Fsp3) is 0.714. The van der Waals surface area contributed by atoms with Crippen LogP contribution in [0.25, 0.3) is 0 Å². The number of Topliss-reactive ketones (excluding diaryl/α,β-unsaturated/α-hetero) is 2. The molecule has 162 valence electrons. The molecule has 0 aromatic heterocycles. The predicted molar refractivity (Wildman–Crippen MR) is 102 cm³/mol. The van der Waals surface area contributed by atoms with Gasteiger partial charge in [0.2, 0.25) is 0 Å². The number of methoxy groups -OCH3 is 1. The van der Waals surface area contributed by atoms with Crippen molar-refractivity contribution in [2.75, 3.05) is 7.11 Å². The number of rotatable bonds is 7. The smallest absolute Gasteiger partial charge is 0.334 e. The van der Waals surface area contributed by atoms with Crippen molar-refractivity contribution in [3.05, 3.63) is 12.2 Å². The Morgan fingerprint density at radius 3 is 2.52 bits per heavy atom. The van der Waals surface area contributed by atoms with Crippen LogP contribution >= 0.6 is 0 Å². The Kier molecular flexibility index (Phi) is 7.01. The van der Waals surface area contributed by atoms with Crippen molar-refractivity contribution < 1.29 is 38.5 Å². The second-order valence-corrected chi connectivity index (χ2v) is 8.06. The van der Waals surface area contributed by atoms with Gasteiger partial charge in [0.1, 0.15) is 11.9 Å². The number of esters is 2. The molecule has 1 N–H and O–H groups in total. The molecule has 2 aliphatic rings. The normalized spacial score (nSPS) is 34.1. The summed E-state index contributed by atoms with van der Waals surface area (Å²) in [5.74, 6) is -4.93. The molecule has 0 aromatic rings. The third-order valence-corrected chi connectivity index (χ3v) is 6.23. The zero-order valence-corrected chi connectivity index (χ0v) is 17.6. The Balaban J connectivity index is 2.56. The summed E-state index contributed by atoms with van der Waals surface area (Å²) in [6.45, 7) is 10.2. The van der Waals surface area contributed by atoms with Gasteiger partial charge < -0.3 is 19.3 Å². The Morgan fingerprint density at radius 1 is 1.34 bits per heavy atom. The molecule has 0 aromatic carbocycles. The monoisotopic (exact) mass is 410 g/mol. The van der Waals surface area contributed by atoms with Gasteiger partial charge in [-0.25, -0.2) is 4.79 Å². The van der Waals surface area contributed by atoms with Crippen LogP contribution in [0.2, 0.25) is 0 Å². The summed E-state index contributed by atoms with van der Waals surface area (Å²) >= 11 is 0. The SMILES string of the molecule is C=C1C(=O)O[C@@H]2[C@H]1CC(=O)[C@H](C)[C@@](O)(C(=O)CC(C)OC)[C@H]2OC(=O)C(C)CC. The highest BCUT2D eigenvalue weighted by Crippen LogP contribution is 2.44. The Hall–Kier alpha value is -2.06. The van der Waals surface area contributed by atoms with Crippen molar-refractivity contribution in [3.8, 4) is 0 Å². The van der Waals surface area contributed by atoms with Crippen LogP contribution in [-0.4, -0.2) is 59.6 Å². The predicted octanol–water partition coefficient (Wildman–Crippen LogP) is 1.38. The number of hydrogen-bond acceptors (Lipinski definition) is 8. The maximum absolute atomic E-state index is 13.1. The van der Waals surface area contributed by atoms with Gasteiger partial charge in [-0.15, -0.1) is 0 Å². The maximum Gasteiger partial charge on any atom is 0.334 e. The molecule has 1 heterocycles. The summed E-state index contributed by atoms with van der Waals surface area (Å²) in [5, 5.41) is 11.6. The number of fused-ring (bicyclic) bond motifs is 1. The summed E-state index contributed by atoms with van der Waals surface area (Å²) in [5.41, 5.74) is -2.28. The third-order valence-electron chi connectivity index (χ3n) is 6.23. The van der Waals surface area contributed by atoms with Gasteiger partial charge in [-0.3, -0.25) is 14.4 Å². The molecule has 2 rings (SSSR count). The van der Waals surface area contributed by atoms with Crippen molar-refractivity contribution in [2.45, 2.75) is 70.9 Å². The van der Waals surface area contributed by atoms with Crippen LogP contribution in [0.1, 0.15) is 47.0 Å². The zero-order valence-electron chi connectivity index (χ0n) is 17.6. The summed E-state index contributed by atoms with van der Waals surface area (Å²) < 4.78 is 16.0. The van der Waals surface area contributed by atoms with Gasteiger partial charge in [0, 0.05) is 31.4 Å². The van der Waals surface area contributed by atoms with Crippen molar-refractivity contribution in [1.82, 2.24) is 0 Å². The lowest BCUT2D eigenvalue weighted by molar-refractivity contribution is -0.199. The molecule has 2 fully saturated rings. The molecular weight excluding hydrogens is 380 g/mol. The fourth-order valence-electron chi connectivity index (χ4n) is 3.75. The summed E-state index contributed by atoms with van der Waals surface area (Å²) in [6.07, 6.45) is -3.07. The minimum Gasteiger partial charge on any atom is -0.455 e. The van der Waals surface area contributed by atoms with E-state index in [-0.39, 0.29) is 18.4 Å². The number of ketones is 2. The fourth-order valence-corrected chi connectivity index (χ4v) is 3.75. The van der Waals surface area contributed by atoms with Crippen LogP contribution in [0.15, 0.2) is 12.2 Å². The van der Waals surface area contributed by atoms with Crippen LogP contribution in [0.4, 0.5) is 0 Å². The molecule has 8 nitrogen and oxygen atoms in total. The Morgan fingerprint density at radius 2 is 1.97 bits per heavy atom. The molecule has 7 atom stereocenters. The van der Waals surface area contributed by atoms with Gasteiger partial charge in [0.15, 0.2) is 17.5 Å². The van der Waals surface area contributed by atoms with Crippen LogP contribution in [0.5, 0.6) is 0 Å². The van der Waals surface area contributed by atoms with E-state index in [9.17, 15) is 24.3 Å². The van der Waals surface area contributed by atoms with Crippen molar-refractivity contribution in [3.63, 3.8) is 0 Å². The zero-order chi connectivity index (χ0) is 22.1. The number of hydrogen-bond donors (Lipinski definition) is 1. The van der Waals surface area contributed by atoms with E-state index in [2.05, 4.69) is 6.58 Å². The lowest BCUT2D eigenvalue weighted by atomic mass is 9.76. The number of aliphatic hydroxyl groups is 1. The summed E-state index contributed by atoms with van der Waals surface area (Å²) in [6, 6.07) is 0. The largest absolute Gasteiger partial charge is 0.455 e. The highest BCUT2D eigenvalue weighted by molar-refractivity contribution is 5.99. The maximum atomic E-state index is 13.1. The van der Waals surface area contributed by atoms with Crippen LogP contribution < -0.4 is 0 Å². The van der Waals surface area contributed by atoms with Gasteiger partial charge in [0.05, 0.1) is 17.9 Å². The van der Waals surface area contributed by atoms with E-state index in [1.807, 2.05) is 0 Å². The first kappa shape index (κ1) is 23.2. The molecule has 0 bridgehead atoms. The number of ether oxygens (including phenoxy) is 3. The topological polar surface area (TPSA) is 116 Å². The van der Waals surface area contributed by atoms with Gasteiger partial charge >= 0.3 is 11.9 Å². The van der Waals surface area contributed by atoms with Crippen molar-refractivity contribution >= 4 is 23.5 Å². The lowest BCUT2D eigenvalue weighted by Gasteiger charge is -2.39. The van der Waals surface area contributed by atoms with Crippen LogP contribution in [-0.2, 0) is 33.4 Å². The van der Waals surface area contributed by atoms with Crippen molar-refractivity contribution in [1.29, 1.82) is 0 Å². The third kappa shape index (κ3) is 4.14. The molecule has 0 radical (unpaired) electrons. The molecule has 0 spiro atoms.